The van der Waals surface area contributed by atoms with Gasteiger partial charge >= 0.3 is 0 Å². The summed E-state index contributed by atoms with van der Waals surface area (Å²) in [5, 5.41) is 12.6. The van der Waals surface area contributed by atoms with E-state index in [1.54, 1.807) is 31.2 Å². The first-order valence-electron chi connectivity index (χ1n) is 5.94. The molecule has 0 atom stereocenters. The Morgan fingerprint density at radius 3 is 2.75 bits per heavy atom. The van der Waals surface area contributed by atoms with E-state index in [4.69, 9.17) is 9.63 Å². The molecule has 7 nitrogen and oxygen atoms in total. The summed E-state index contributed by atoms with van der Waals surface area (Å²) < 4.78 is 31.0. The molecular weight excluding hydrogens is 282 g/mol. The van der Waals surface area contributed by atoms with Gasteiger partial charge in [0.15, 0.2) is 5.82 Å². The minimum absolute atomic E-state index is 0.0145. The van der Waals surface area contributed by atoms with Crippen LogP contribution in [0.25, 0.3) is 0 Å². The fourth-order valence-electron chi connectivity index (χ4n) is 1.68. The van der Waals surface area contributed by atoms with Crippen molar-refractivity contribution in [1.29, 1.82) is 0 Å². The molecule has 108 valence electrons. The standard InChI is InChI=1S/C12H15N3O4S/c1-9-14-12(15-19-9)6-13-20(17,18)8-11-4-2-3-10(5-11)7-16/h2-5,13,16H,6-8H2,1H3. The molecule has 0 fully saturated rings. The van der Waals surface area contributed by atoms with Gasteiger partial charge in [0.2, 0.25) is 15.9 Å². The zero-order valence-electron chi connectivity index (χ0n) is 10.9. The fraction of sp³-hybridized carbons (Fsp3) is 0.333. The lowest BCUT2D eigenvalue weighted by Gasteiger charge is -2.06. The number of sulfonamides is 1. The summed E-state index contributed by atoms with van der Waals surface area (Å²) in [5.41, 5.74) is 1.28. The second-order valence-corrected chi connectivity index (χ2v) is 6.09. The molecule has 2 N–H and O–H groups in total. The van der Waals surface area contributed by atoms with Crippen LogP contribution in [-0.4, -0.2) is 23.7 Å². The molecule has 0 amide bonds. The highest BCUT2D eigenvalue weighted by atomic mass is 32.2. The molecule has 1 aromatic carbocycles. The van der Waals surface area contributed by atoms with Gasteiger partial charge in [-0.15, -0.1) is 0 Å². The molecule has 1 aromatic heterocycles. The highest BCUT2D eigenvalue weighted by Crippen LogP contribution is 2.09. The summed E-state index contributed by atoms with van der Waals surface area (Å²) in [7, 11) is -3.50. The van der Waals surface area contributed by atoms with Gasteiger partial charge < -0.3 is 9.63 Å². The van der Waals surface area contributed by atoms with Crippen LogP contribution in [0.2, 0.25) is 0 Å². The summed E-state index contributed by atoms with van der Waals surface area (Å²) in [6.07, 6.45) is 0. The zero-order chi connectivity index (χ0) is 14.6. The van der Waals surface area contributed by atoms with Gasteiger partial charge in [0.05, 0.1) is 18.9 Å². The van der Waals surface area contributed by atoms with Crippen molar-refractivity contribution < 1.29 is 18.0 Å². The maximum absolute atomic E-state index is 11.9. The number of aliphatic hydroxyl groups is 1. The SMILES string of the molecule is Cc1nc(CNS(=O)(=O)Cc2cccc(CO)c2)no1. The lowest BCUT2D eigenvalue weighted by Crippen LogP contribution is -2.25. The molecule has 0 unspecified atom stereocenters. The zero-order valence-corrected chi connectivity index (χ0v) is 11.7. The van der Waals surface area contributed by atoms with E-state index < -0.39 is 10.0 Å². The quantitative estimate of drug-likeness (QED) is 0.804. The monoisotopic (exact) mass is 297 g/mol. The Hall–Kier alpha value is -1.77. The smallest absolute Gasteiger partial charge is 0.223 e. The Bertz CT molecular complexity index is 682. The molecule has 1 heterocycles. The summed E-state index contributed by atoms with van der Waals surface area (Å²) in [4.78, 5) is 3.91. The Morgan fingerprint density at radius 2 is 2.10 bits per heavy atom. The number of aromatic nitrogens is 2. The first kappa shape index (κ1) is 14.6. The van der Waals surface area contributed by atoms with Crippen molar-refractivity contribution in [1.82, 2.24) is 14.9 Å². The lowest BCUT2D eigenvalue weighted by molar-refractivity contribution is 0.282. The molecule has 0 saturated heterocycles. The van der Waals surface area contributed by atoms with Gasteiger partial charge in [0.25, 0.3) is 0 Å². The summed E-state index contributed by atoms with van der Waals surface area (Å²) in [5.74, 6) is 0.502. The van der Waals surface area contributed by atoms with E-state index >= 15 is 0 Å². The third-order valence-electron chi connectivity index (χ3n) is 2.55. The molecule has 0 spiro atoms. The lowest BCUT2D eigenvalue weighted by atomic mass is 10.1. The average Bonchev–Trinajstić information content (AvgIpc) is 2.82. The maximum Gasteiger partial charge on any atom is 0.223 e. The van der Waals surface area contributed by atoms with E-state index in [1.165, 1.54) is 0 Å². The first-order valence-corrected chi connectivity index (χ1v) is 7.59. The highest BCUT2D eigenvalue weighted by molar-refractivity contribution is 7.88. The van der Waals surface area contributed by atoms with Crippen molar-refractivity contribution in [3.63, 3.8) is 0 Å². The van der Waals surface area contributed by atoms with Crippen LogP contribution < -0.4 is 4.72 Å². The molecular formula is C12H15N3O4S. The van der Waals surface area contributed by atoms with Crippen LogP contribution in [0.15, 0.2) is 28.8 Å². The minimum atomic E-state index is -3.50. The van der Waals surface area contributed by atoms with E-state index in [0.29, 0.717) is 17.0 Å². The van der Waals surface area contributed by atoms with E-state index in [9.17, 15) is 8.42 Å². The van der Waals surface area contributed by atoms with Crippen LogP contribution >= 0.6 is 0 Å². The molecule has 0 aliphatic rings. The summed E-state index contributed by atoms with van der Waals surface area (Å²) in [6, 6.07) is 6.78. The van der Waals surface area contributed by atoms with Gasteiger partial charge in [0, 0.05) is 6.92 Å². The minimum Gasteiger partial charge on any atom is -0.392 e. The number of nitrogens with one attached hydrogen (secondary N) is 1. The molecule has 0 aliphatic heterocycles. The molecule has 20 heavy (non-hydrogen) atoms. The van der Waals surface area contributed by atoms with Crippen LogP contribution in [0, 0.1) is 6.92 Å². The number of nitrogens with zero attached hydrogens (tertiary/aromatic N) is 2. The second kappa shape index (κ2) is 6.12. The Morgan fingerprint density at radius 1 is 1.35 bits per heavy atom. The van der Waals surface area contributed by atoms with Crippen LogP contribution in [0.5, 0.6) is 0 Å². The normalized spacial score (nSPS) is 11.7. The number of aliphatic hydroxyl groups excluding tert-OH is 1. The number of rotatable bonds is 6. The summed E-state index contributed by atoms with van der Waals surface area (Å²) >= 11 is 0. The van der Waals surface area contributed by atoms with Gasteiger partial charge in [-0.05, 0) is 11.1 Å². The van der Waals surface area contributed by atoms with Crippen LogP contribution in [-0.2, 0) is 28.9 Å². The second-order valence-electron chi connectivity index (χ2n) is 4.29. The topological polar surface area (TPSA) is 105 Å². The molecule has 2 rings (SSSR count). The van der Waals surface area contributed by atoms with Gasteiger partial charge in [0.1, 0.15) is 0 Å². The Balaban J connectivity index is 1.99. The molecule has 8 heteroatoms. The Labute approximate surface area is 116 Å². The summed E-state index contributed by atoms with van der Waals surface area (Å²) in [6.45, 7) is 1.49. The predicted molar refractivity (Wildman–Crippen MR) is 70.9 cm³/mol. The fourth-order valence-corrected chi connectivity index (χ4v) is 2.75. The van der Waals surface area contributed by atoms with Crippen LogP contribution in [0.1, 0.15) is 22.8 Å². The van der Waals surface area contributed by atoms with E-state index in [2.05, 4.69) is 14.9 Å². The van der Waals surface area contributed by atoms with Gasteiger partial charge in [-0.25, -0.2) is 13.1 Å². The van der Waals surface area contributed by atoms with E-state index in [-0.39, 0.29) is 24.7 Å². The highest BCUT2D eigenvalue weighted by Gasteiger charge is 2.13. The van der Waals surface area contributed by atoms with Crippen molar-refractivity contribution in [2.45, 2.75) is 25.8 Å². The number of hydrogen-bond donors (Lipinski definition) is 2. The van der Waals surface area contributed by atoms with Crippen LogP contribution in [0.3, 0.4) is 0 Å². The predicted octanol–water partition coefficient (Wildman–Crippen LogP) is 0.490. The van der Waals surface area contributed by atoms with Gasteiger partial charge in [-0.1, -0.05) is 29.4 Å². The van der Waals surface area contributed by atoms with Crippen molar-refractivity contribution in [2.24, 2.45) is 0 Å². The number of benzene rings is 1. The molecule has 0 saturated carbocycles. The third-order valence-corrected chi connectivity index (χ3v) is 3.85. The molecule has 0 radical (unpaired) electrons. The van der Waals surface area contributed by atoms with Crippen LogP contribution in [0.4, 0.5) is 0 Å². The molecule has 2 aromatic rings. The molecule has 0 aliphatic carbocycles. The third kappa shape index (κ3) is 4.12. The van der Waals surface area contributed by atoms with Gasteiger partial charge in [-0.2, -0.15) is 4.98 Å². The van der Waals surface area contributed by atoms with Gasteiger partial charge in [-0.3, -0.25) is 0 Å². The van der Waals surface area contributed by atoms with Crippen molar-refractivity contribution in [3.05, 3.63) is 47.1 Å². The largest absolute Gasteiger partial charge is 0.392 e. The Kier molecular flexibility index (Phi) is 4.48. The van der Waals surface area contributed by atoms with E-state index in [1.807, 2.05) is 0 Å². The van der Waals surface area contributed by atoms with Crippen molar-refractivity contribution in [3.8, 4) is 0 Å². The first-order chi connectivity index (χ1) is 9.48. The van der Waals surface area contributed by atoms with Crippen molar-refractivity contribution >= 4 is 10.0 Å². The number of hydrogen-bond acceptors (Lipinski definition) is 6. The maximum atomic E-state index is 11.9. The average molecular weight is 297 g/mol. The van der Waals surface area contributed by atoms with Crippen molar-refractivity contribution in [2.75, 3.05) is 0 Å². The molecule has 0 bridgehead atoms. The van der Waals surface area contributed by atoms with E-state index in [0.717, 1.165) is 0 Å². The number of aryl methyl sites for hydroxylation is 1.